The Morgan fingerprint density at radius 1 is 1.14 bits per heavy atom. The summed E-state index contributed by atoms with van der Waals surface area (Å²) >= 11 is 0. The van der Waals surface area contributed by atoms with Gasteiger partial charge in [0.1, 0.15) is 5.69 Å². The van der Waals surface area contributed by atoms with Gasteiger partial charge in [-0.3, -0.25) is 9.78 Å². The van der Waals surface area contributed by atoms with Crippen LogP contribution in [0.1, 0.15) is 30.0 Å². The first kappa shape index (κ1) is 16.3. The number of benzene rings is 1. The fraction of sp³-hybridized carbons (Fsp3) is 0.312. The fourth-order valence-corrected chi connectivity index (χ4v) is 2.60. The Morgan fingerprint density at radius 3 is 2.23 bits per heavy atom. The summed E-state index contributed by atoms with van der Waals surface area (Å²) in [6, 6.07) is 6.38. The molecule has 0 saturated heterocycles. The number of carbonyl (C=O) groups is 1. The fourth-order valence-electron chi connectivity index (χ4n) is 1.97. The van der Waals surface area contributed by atoms with Crippen LogP contribution in [-0.2, 0) is 9.84 Å². The summed E-state index contributed by atoms with van der Waals surface area (Å²) in [5.74, 6) is -0.213. The molecule has 6 heteroatoms. The van der Waals surface area contributed by atoms with Gasteiger partial charge in [-0.2, -0.15) is 0 Å². The number of hydrogen-bond acceptors (Lipinski definition) is 5. The third kappa shape index (κ3) is 3.39. The Bertz CT molecular complexity index is 810. The monoisotopic (exact) mass is 318 g/mol. The number of aromatic nitrogens is 2. The van der Waals surface area contributed by atoms with Crippen molar-refractivity contribution in [1.82, 2.24) is 9.97 Å². The molecule has 22 heavy (non-hydrogen) atoms. The molecule has 0 fully saturated rings. The summed E-state index contributed by atoms with van der Waals surface area (Å²) in [6.07, 6.45) is 2.75. The number of sulfone groups is 1. The van der Waals surface area contributed by atoms with Crippen LogP contribution < -0.4 is 0 Å². The van der Waals surface area contributed by atoms with E-state index in [1.165, 1.54) is 12.1 Å². The zero-order valence-corrected chi connectivity index (χ0v) is 13.8. The van der Waals surface area contributed by atoms with E-state index in [0.717, 1.165) is 11.8 Å². The van der Waals surface area contributed by atoms with Gasteiger partial charge < -0.3 is 0 Å². The Morgan fingerprint density at radius 2 is 1.73 bits per heavy atom. The van der Waals surface area contributed by atoms with Crippen molar-refractivity contribution in [2.75, 3.05) is 6.26 Å². The first-order valence-corrected chi connectivity index (χ1v) is 8.77. The molecule has 0 spiro atoms. The van der Waals surface area contributed by atoms with Crippen LogP contribution in [-0.4, -0.2) is 30.4 Å². The predicted octanol–water partition coefficient (Wildman–Crippen LogP) is 2.69. The highest BCUT2D eigenvalue weighted by molar-refractivity contribution is 7.90. The minimum atomic E-state index is -3.23. The van der Waals surface area contributed by atoms with Crippen LogP contribution in [0.15, 0.2) is 35.4 Å². The smallest absolute Gasteiger partial charge is 0.185 e. The average Bonchev–Trinajstić information content (AvgIpc) is 2.46. The van der Waals surface area contributed by atoms with Gasteiger partial charge in [-0.05, 0) is 19.1 Å². The highest BCUT2D eigenvalue weighted by Crippen LogP contribution is 2.21. The zero-order valence-electron chi connectivity index (χ0n) is 13.0. The van der Waals surface area contributed by atoms with Crippen molar-refractivity contribution in [3.8, 4) is 11.3 Å². The van der Waals surface area contributed by atoms with E-state index in [9.17, 15) is 13.2 Å². The van der Waals surface area contributed by atoms with Crippen molar-refractivity contribution >= 4 is 15.6 Å². The third-order valence-corrected chi connectivity index (χ3v) is 4.42. The molecular formula is C16H18N2O3S. The normalized spacial score (nSPS) is 11.7. The molecule has 116 valence electrons. The zero-order chi connectivity index (χ0) is 16.5. The molecule has 0 amide bonds. The molecule has 5 nitrogen and oxygen atoms in total. The van der Waals surface area contributed by atoms with Gasteiger partial charge in [-0.1, -0.05) is 26.0 Å². The molecule has 0 aliphatic heterocycles. The van der Waals surface area contributed by atoms with E-state index < -0.39 is 9.84 Å². The first-order valence-electron chi connectivity index (χ1n) is 6.88. The summed E-state index contributed by atoms with van der Waals surface area (Å²) in [6.45, 7) is 5.38. The largest absolute Gasteiger partial charge is 0.292 e. The van der Waals surface area contributed by atoms with Crippen molar-refractivity contribution in [3.63, 3.8) is 0 Å². The van der Waals surface area contributed by atoms with Crippen molar-refractivity contribution in [2.24, 2.45) is 5.92 Å². The topological polar surface area (TPSA) is 77.0 Å². The second-order valence-electron chi connectivity index (χ2n) is 5.50. The number of Topliss-reactive ketones (excluding diaryl/α,β-unsaturated/α-hetero) is 1. The van der Waals surface area contributed by atoms with Gasteiger partial charge in [0.2, 0.25) is 0 Å². The minimum absolute atomic E-state index is 0.0559. The average molecular weight is 318 g/mol. The van der Waals surface area contributed by atoms with Gasteiger partial charge in [0, 0.05) is 17.7 Å². The van der Waals surface area contributed by atoms with Crippen LogP contribution in [0.25, 0.3) is 11.3 Å². The van der Waals surface area contributed by atoms with E-state index in [1.807, 2.05) is 13.8 Å². The van der Waals surface area contributed by atoms with Gasteiger partial charge >= 0.3 is 0 Å². The first-order chi connectivity index (χ1) is 10.2. The Balaban J connectivity index is 2.46. The molecule has 0 aliphatic rings. The molecule has 2 aromatic rings. The number of carbonyl (C=O) groups excluding carboxylic acids is 1. The van der Waals surface area contributed by atoms with Gasteiger partial charge in [-0.25, -0.2) is 13.4 Å². The molecule has 0 aliphatic carbocycles. The standard InChI is InChI=1S/C16H18N2O3S/c1-10(2)16(19)15-11(3)17-9-14(18-15)12-5-7-13(8-6-12)22(4,20)21/h5-10H,1-4H3. The van der Waals surface area contributed by atoms with Gasteiger partial charge in [-0.15, -0.1) is 0 Å². The van der Waals surface area contributed by atoms with Gasteiger partial charge in [0.05, 0.1) is 22.5 Å². The third-order valence-electron chi connectivity index (χ3n) is 3.29. The van der Waals surface area contributed by atoms with Gasteiger partial charge in [0.25, 0.3) is 0 Å². The lowest BCUT2D eigenvalue weighted by atomic mass is 10.0. The lowest BCUT2D eigenvalue weighted by molar-refractivity contribution is 0.0933. The van der Waals surface area contributed by atoms with Crippen LogP contribution in [0.2, 0.25) is 0 Å². The van der Waals surface area contributed by atoms with Crippen molar-refractivity contribution in [3.05, 3.63) is 41.9 Å². The van der Waals surface area contributed by atoms with Crippen LogP contribution >= 0.6 is 0 Å². The summed E-state index contributed by atoms with van der Waals surface area (Å²) < 4.78 is 22.9. The van der Waals surface area contributed by atoms with Crippen LogP contribution in [0.5, 0.6) is 0 Å². The summed E-state index contributed by atoms with van der Waals surface area (Å²) in [5.41, 5.74) is 2.22. The molecule has 0 unspecified atom stereocenters. The number of hydrogen-bond donors (Lipinski definition) is 0. The van der Waals surface area contributed by atoms with Crippen molar-refractivity contribution < 1.29 is 13.2 Å². The molecule has 0 bridgehead atoms. The maximum atomic E-state index is 12.2. The van der Waals surface area contributed by atoms with Crippen LogP contribution in [0.4, 0.5) is 0 Å². The Kier molecular flexibility index (Phi) is 4.42. The maximum absolute atomic E-state index is 12.2. The van der Waals surface area contributed by atoms with E-state index in [0.29, 0.717) is 17.1 Å². The maximum Gasteiger partial charge on any atom is 0.185 e. The van der Waals surface area contributed by atoms with E-state index in [1.54, 1.807) is 25.3 Å². The molecule has 0 radical (unpaired) electrons. The Labute approximate surface area is 130 Å². The molecule has 0 atom stereocenters. The molecular weight excluding hydrogens is 300 g/mol. The highest BCUT2D eigenvalue weighted by atomic mass is 32.2. The number of rotatable bonds is 4. The van der Waals surface area contributed by atoms with Crippen LogP contribution in [0, 0.1) is 12.8 Å². The number of aryl methyl sites for hydroxylation is 1. The van der Waals surface area contributed by atoms with Gasteiger partial charge in [0.15, 0.2) is 15.6 Å². The van der Waals surface area contributed by atoms with E-state index >= 15 is 0 Å². The second-order valence-corrected chi connectivity index (χ2v) is 7.52. The molecule has 0 saturated carbocycles. The predicted molar refractivity (Wildman–Crippen MR) is 84.5 cm³/mol. The molecule has 2 rings (SSSR count). The SMILES string of the molecule is Cc1ncc(-c2ccc(S(C)(=O)=O)cc2)nc1C(=O)C(C)C. The minimum Gasteiger partial charge on any atom is -0.292 e. The Hall–Kier alpha value is -2.08. The van der Waals surface area contributed by atoms with Crippen LogP contribution in [0.3, 0.4) is 0 Å². The number of nitrogens with zero attached hydrogens (tertiary/aromatic N) is 2. The van der Waals surface area contributed by atoms with E-state index in [2.05, 4.69) is 9.97 Å². The lowest BCUT2D eigenvalue weighted by Crippen LogP contribution is -2.13. The molecule has 0 N–H and O–H groups in total. The summed E-state index contributed by atoms with van der Waals surface area (Å²) in [4.78, 5) is 21.0. The highest BCUT2D eigenvalue weighted by Gasteiger charge is 2.17. The van der Waals surface area contributed by atoms with Crippen molar-refractivity contribution in [2.45, 2.75) is 25.7 Å². The van der Waals surface area contributed by atoms with E-state index in [-0.39, 0.29) is 16.6 Å². The lowest BCUT2D eigenvalue weighted by Gasteiger charge is -2.09. The summed E-state index contributed by atoms with van der Waals surface area (Å²) in [5, 5.41) is 0. The molecule has 1 aromatic carbocycles. The van der Waals surface area contributed by atoms with Crippen molar-refractivity contribution in [1.29, 1.82) is 0 Å². The second kappa shape index (κ2) is 5.96. The van der Waals surface area contributed by atoms with E-state index in [4.69, 9.17) is 0 Å². The summed E-state index contributed by atoms with van der Waals surface area (Å²) in [7, 11) is -3.23. The number of ketones is 1. The molecule has 1 heterocycles. The quantitative estimate of drug-likeness (QED) is 0.810. The molecule has 1 aromatic heterocycles.